The summed E-state index contributed by atoms with van der Waals surface area (Å²) in [6.45, 7) is 2.27. The molecule has 0 aliphatic heterocycles. The Kier molecular flexibility index (Phi) is 5.24. The maximum absolute atomic E-state index is 10.5. The van der Waals surface area contributed by atoms with E-state index < -0.39 is 5.97 Å². The van der Waals surface area contributed by atoms with Crippen molar-refractivity contribution in [3.63, 3.8) is 0 Å². The molecule has 2 rings (SSSR count). The Morgan fingerprint density at radius 1 is 1.45 bits per heavy atom. The van der Waals surface area contributed by atoms with E-state index in [0.29, 0.717) is 0 Å². The summed E-state index contributed by atoms with van der Waals surface area (Å²) < 4.78 is 6.91. The number of aliphatic carboxylic acids is 1. The molecule has 4 heteroatoms. The summed E-state index contributed by atoms with van der Waals surface area (Å²) in [6.07, 6.45) is 7.72. The van der Waals surface area contributed by atoms with Crippen molar-refractivity contribution in [2.45, 2.75) is 38.7 Å². The smallest absolute Gasteiger partial charge is 0.328 e. The molecule has 3 nitrogen and oxygen atoms in total. The minimum absolute atomic E-state index is 0.287. The predicted octanol–water partition coefficient (Wildman–Crippen LogP) is 4.50. The first-order valence-electron chi connectivity index (χ1n) is 6.92. The molecule has 0 aromatic heterocycles. The summed E-state index contributed by atoms with van der Waals surface area (Å²) in [7, 11) is 0. The summed E-state index contributed by atoms with van der Waals surface area (Å²) in [5.74, 6) is 0.611. The van der Waals surface area contributed by atoms with Gasteiger partial charge in [-0.05, 0) is 64.9 Å². The zero-order chi connectivity index (χ0) is 14.5. The fraction of sp³-hybridized carbons (Fsp3) is 0.438. The third kappa shape index (κ3) is 4.37. The minimum Gasteiger partial charge on any atom is -0.489 e. The summed E-state index contributed by atoms with van der Waals surface area (Å²) in [4.78, 5) is 10.5. The molecule has 1 saturated carbocycles. The first-order valence-corrected chi connectivity index (χ1v) is 7.71. The van der Waals surface area contributed by atoms with Crippen LogP contribution < -0.4 is 4.74 Å². The lowest BCUT2D eigenvalue weighted by molar-refractivity contribution is -0.131. The summed E-state index contributed by atoms with van der Waals surface area (Å²) in [5.41, 5.74) is 0.837. The highest BCUT2D eigenvalue weighted by Gasteiger charge is 2.20. The van der Waals surface area contributed by atoms with Crippen LogP contribution in [0.15, 0.2) is 28.7 Å². The summed E-state index contributed by atoms with van der Waals surface area (Å²) >= 11 is 3.49. The predicted molar refractivity (Wildman–Crippen MR) is 82.9 cm³/mol. The molecular weight excluding hydrogens is 320 g/mol. The van der Waals surface area contributed by atoms with Gasteiger partial charge in [-0.2, -0.15) is 0 Å². The first-order chi connectivity index (χ1) is 9.54. The van der Waals surface area contributed by atoms with Gasteiger partial charge < -0.3 is 9.84 Å². The zero-order valence-electron chi connectivity index (χ0n) is 11.5. The van der Waals surface area contributed by atoms with Gasteiger partial charge in [0.1, 0.15) is 5.75 Å². The van der Waals surface area contributed by atoms with E-state index in [-0.39, 0.29) is 6.10 Å². The van der Waals surface area contributed by atoms with E-state index in [2.05, 4.69) is 22.9 Å². The molecule has 1 aliphatic rings. The van der Waals surface area contributed by atoms with Crippen LogP contribution in [0.3, 0.4) is 0 Å². The number of benzene rings is 1. The maximum Gasteiger partial charge on any atom is 0.328 e. The zero-order valence-corrected chi connectivity index (χ0v) is 13.1. The Morgan fingerprint density at radius 2 is 2.25 bits per heavy atom. The van der Waals surface area contributed by atoms with Crippen molar-refractivity contribution >= 4 is 28.0 Å². The second-order valence-electron chi connectivity index (χ2n) is 5.37. The molecule has 20 heavy (non-hydrogen) atoms. The molecule has 1 fully saturated rings. The summed E-state index contributed by atoms with van der Waals surface area (Å²) in [6, 6.07) is 5.64. The Morgan fingerprint density at radius 3 is 2.90 bits per heavy atom. The van der Waals surface area contributed by atoms with E-state index in [0.717, 1.165) is 40.6 Å². The van der Waals surface area contributed by atoms with Gasteiger partial charge in [0.05, 0.1) is 10.6 Å². The third-order valence-corrected chi connectivity index (χ3v) is 4.18. The van der Waals surface area contributed by atoms with Crippen molar-refractivity contribution < 1.29 is 14.6 Å². The van der Waals surface area contributed by atoms with Gasteiger partial charge in [0, 0.05) is 6.08 Å². The van der Waals surface area contributed by atoms with E-state index in [9.17, 15) is 4.79 Å². The largest absolute Gasteiger partial charge is 0.489 e. The number of ether oxygens (including phenoxy) is 1. The Labute approximate surface area is 127 Å². The highest BCUT2D eigenvalue weighted by atomic mass is 79.9. The van der Waals surface area contributed by atoms with Crippen LogP contribution in [0.2, 0.25) is 0 Å². The molecule has 2 atom stereocenters. The molecule has 0 heterocycles. The quantitative estimate of drug-likeness (QED) is 0.822. The fourth-order valence-corrected chi connectivity index (χ4v) is 3.04. The summed E-state index contributed by atoms with van der Waals surface area (Å²) in [5, 5.41) is 8.62. The highest BCUT2D eigenvalue weighted by Crippen LogP contribution is 2.32. The average Bonchev–Trinajstić information content (AvgIpc) is 2.39. The minimum atomic E-state index is -0.947. The van der Waals surface area contributed by atoms with Crippen LogP contribution in [0.4, 0.5) is 0 Å². The van der Waals surface area contributed by atoms with Gasteiger partial charge in [-0.3, -0.25) is 0 Å². The normalized spacial score (nSPS) is 22.9. The number of halogens is 1. The fourth-order valence-electron chi connectivity index (χ4n) is 2.55. The van der Waals surface area contributed by atoms with Crippen LogP contribution in [0.25, 0.3) is 6.08 Å². The molecule has 2 unspecified atom stereocenters. The van der Waals surface area contributed by atoms with E-state index in [4.69, 9.17) is 9.84 Å². The average molecular weight is 339 g/mol. The lowest BCUT2D eigenvalue weighted by atomic mass is 9.89. The number of hydrogen-bond donors (Lipinski definition) is 1. The molecule has 1 aromatic rings. The Bertz CT molecular complexity index is 510. The van der Waals surface area contributed by atoms with Gasteiger partial charge in [0.25, 0.3) is 0 Å². The van der Waals surface area contributed by atoms with Crippen molar-refractivity contribution in [2.24, 2.45) is 5.92 Å². The van der Waals surface area contributed by atoms with Gasteiger partial charge >= 0.3 is 5.97 Å². The number of carboxylic acid groups (broad SMARTS) is 1. The van der Waals surface area contributed by atoms with Crippen molar-refractivity contribution in [1.82, 2.24) is 0 Å². The monoisotopic (exact) mass is 338 g/mol. The van der Waals surface area contributed by atoms with Crippen LogP contribution in [0, 0.1) is 5.92 Å². The number of carboxylic acids is 1. The van der Waals surface area contributed by atoms with Crippen LogP contribution in [0.1, 0.15) is 38.2 Å². The van der Waals surface area contributed by atoms with Gasteiger partial charge in [0.2, 0.25) is 0 Å². The Hall–Kier alpha value is -1.29. The van der Waals surface area contributed by atoms with Crippen LogP contribution in [0.5, 0.6) is 5.75 Å². The van der Waals surface area contributed by atoms with Gasteiger partial charge in [0.15, 0.2) is 0 Å². The van der Waals surface area contributed by atoms with Gasteiger partial charge in [-0.25, -0.2) is 4.79 Å². The SMILES string of the molecule is CC1CCCC(Oc2ccc(C=CC(=O)O)cc2Br)C1. The van der Waals surface area contributed by atoms with E-state index in [1.165, 1.54) is 12.8 Å². The molecule has 0 saturated heterocycles. The molecule has 1 N–H and O–H groups in total. The van der Waals surface area contributed by atoms with Crippen LogP contribution in [-0.2, 0) is 4.79 Å². The molecule has 0 amide bonds. The molecule has 1 aromatic carbocycles. The van der Waals surface area contributed by atoms with Crippen LogP contribution >= 0.6 is 15.9 Å². The van der Waals surface area contributed by atoms with Crippen molar-refractivity contribution in [2.75, 3.05) is 0 Å². The molecule has 0 bridgehead atoms. The molecule has 1 aliphatic carbocycles. The topological polar surface area (TPSA) is 46.5 Å². The van der Waals surface area contributed by atoms with Crippen molar-refractivity contribution in [3.05, 3.63) is 34.3 Å². The second kappa shape index (κ2) is 6.93. The van der Waals surface area contributed by atoms with Crippen LogP contribution in [-0.4, -0.2) is 17.2 Å². The van der Waals surface area contributed by atoms with Gasteiger partial charge in [-0.15, -0.1) is 0 Å². The van der Waals surface area contributed by atoms with E-state index in [1.807, 2.05) is 18.2 Å². The molecular formula is C16H19BrO3. The Balaban J connectivity index is 2.04. The molecule has 0 radical (unpaired) electrons. The van der Waals surface area contributed by atoms with Crippen molar-refractivity contribution in [3.8, 4) is 5.75 Å². The number of carbonyl (C=O) groups is 1. The number of hydrogen-bond acceptors (Lipinski definition) is 2. The molecule has 108 valence electrons. The highest BCUT2D eigenvalue weighted by molar-refractivity contribution is 9.10. The van der Waals surface area contributed by atoms with E-state index in [1.54, 1.807) is 6.08 Å². The lowest BCUT2D eigenvalue weighted by Gasteiger charge is -2.27. The van der Waals surface area contributed by atoms with Crippen molar-refractivity contribution in [1.29, 1.82) is 0 Å². The lowest BCUT2D eigenvalue weighted by Crippen LogP contribution is -2.24. The first kappa shape index (κ1) is 15.1. The maximum atomic E-state index is 10.5. The standard InChI is InChI=1S/C16H19BrO3/c1-11-3-2-4-13(9-11)20-15-7-5-12(10-14(15)17)6-8-16(18)19/h5-8,10-11,13H,2-4,9H2,1H3,(H,18,19). The number of rotatable bonds is 4. The van der Waals surface area contributed by atoms with E-state index >= 15 is 0 Å². The molecule has 0 spiro atoms. The second-order valence-corrected chi connectivity index (χ2v) is 6.23. The third-order valence-electron chi connectivity index (χ3n) is 3.56. The van der Waals surface area contributed by atoms with Gasteiger partial charge in [-0.1, -0.05) is 19.4 Å².